The lowest BCUT2D eigenvalue weighted by molar-refractivity contribution is -0.386. The third-order valence-corrected chi connectivity index (χ3v) is 5.55. The Kier molecular flexibility index (Phi) is 4.94. The van der Waals surface area contributed by atoms with Crippen molar-refractivity contribution in [3.05, 3.63) is 69.8 Å². The highest BCUT2D eigenvalue weighted by molar-refractivity contribution is 5.84. The lowest BCUT2D eigenvalue weighted by atomic mass is 10.1. The maximum absolute atomic E-state index is 13.9. The van der Waals surface area contributed by atoms with Gasteiger partial charge in [-0.15, -0.1) is 0 Å². The van der Waals surface area contributed by atoms with Crippen LogP contribution >= 0.6 is 0 Å². The number of hydrogen-bond donors (Lipinski definition) is 2. The summed E-state index contributed by atoms with van der Waals surface area (Å²) in [5, 5.41) is 2.20. The van der Waals surface area contributed by atoms with E-state index in [-0.39, 0.29) is 33.9 Å². The van der Waals surface area contributed by atoms with Crippen molar-refractivity contribution in [2.24, 2.45) is 0 Å². The average molecular weight is 470 g/mol. The van der Waals surface area contributed by atoms with Crippen molar-refractivity contribution in [3.63, 3.8) is 0 Å². The smallest absolute Gasteiger partial charge is 0.433 e. The number of aromatic amines is 1. The first-order valence-corrected chi connectivity index (χ1v) is 10.3. The Labute approximate surface area is 189 Å². The molecule has 0 spiro atoms. The van der Waals surface area contributed by atoms with Crippen molar-refractivity contribution in [1.29, 1.82) is 0 Å². The summed E-state index contributed by atoms with van der Waals surface area (Å²) in [5.74, 6) is 0.367. The van der Waals surface area contributed by atoms with E-state index in [1.807, 2.05) is 0 Å². The highest BCUT2D eigenvalue weighted by atomic mass is 19.4. The maximum Gasteiger partial charge on any atom is 0.433 e. The Morgan fingerprint density at radius 2 is 1.88 bits per heavy atom. The fourth-order valence-corrected chi connectivity index (χ4v) is 3.97. The molecule has 0 aliphatic carbocycles. The van der Waals surface area contributed by atoms with Crippen molar-refractivity contribution in [3.8, 4) is 28.3 Å². The second-order valence-electron chi connectivity index (χ2n) is 7.68. The van der Waals surface area contributed by atoms with Gasteiger partial charge < -0.3 is 14.9 Å². The molecule has 0 aliphatic rings. The van der Waals surface area contributed by atoms with Gasteiger partial charge in [0.15, 0.2) is 16.7 Å². The van der Waals surface area contributed by atoms with Crippen LogP contribution in [0.1, 0.15) is 17.0 Å². The first-order valence-electron chi connectivity index (χ1n) is 10.3. The van der Waals surface area contributed by atoms with Gasteiger partial charge in [0.1, 0.15) is 17.0 Å². The van der Waals surface area contributed by atoms with Gasteiger partial charge in [0.2, 0.25) is 5.89 Å². The lowest BCUT2D eigenvalue weighted by Crippen LogP contribution is -2.47. The molecule has 2 aromatic carbocycles. The summed E-state index contributed by atoms with van der Waals surface area (Å²) in [6, 6.07) is 11.5. The van der Waals surface area contributed by atoms with Gasteiger partial charge in [-0.3, -0.25) is 9.89 Å². The molecule has 0 bridgehead atoms. The third-order valence-electron chi connectivity index (χ3n) is 5.55. The van der Waals surface area contributed by atoms with E-state index in [0.717, 1.165) is 10.1 Å². The summed E-state index contributed by atoms with van der Waals surface area (Å²) in [4.78, 5) is 22.2. The monoisotopic (exact) mass is 470 g/mol. The molecule has 4 N–H and O–H groups in total. The van der Waals surface area contributed by atoms with Crippen LogP contribution < -0.4 is 16.0 Å². The molecular formula is C23H19F3N5O3+. The molecule has 0 saturated carbocycles. The average Bonchev–Trinajstić information content (AvgIpc) is 3.40. The number of ether oxygens (including phenoxy) is 1. The molecule has 0 unspecified atom stereocenters. The van der Waals surface area contributed by atoms with Crippen molar-refractivity contribution >= 4 is 16.7 Å². The van der Waals surface area contributed by atoms with Gasteiger partial charge >= 0.3 is 6.18 Å². The van der Waals surface area contributed by atoms with Gasteiger partial charge in [-0.05, 0) is 24.6 Å². The molecule has 0 atom stereocenters. The molecule has 0 aliphatic heterocycles. The molecule has 0 saturated heterocycles. The number of fused-ring (bicyclic) bond motifs is 2. The Morgan fingerprint density at radius 3 is 2.53 bits per heavy atom. The van der Waals surface area contributed by atoms with Gasteiger partial charge in [-0.2, -0.15) is 17.7 Å². The van der Waals surface area contributed by atoms with Crippen molar-refractivity contribution < 1.29 is 28.1 Å². The summed E-state index contributed by atoms with van der Waals surface area (Å²) in [5.41, 5.74) is 3.64. The first kappa shape index (κ1) is 21.7. The van der Waals surface area contributed by atoms with Gasteiger partial charge in [0.25, 0.3) is 5.56 Å². The number of aryl methyl sites for hydroxylation is 1. The van der Waals surface area contributed by atoms with E-state index in [0.29, 0.717) is 23.4 Å². The fourth-order valence-electron chi connectivity index (χ4n) is 3.97. The molecule has 3 heterocycles. The number of methoxy groups -OCH3 is 1. The Bertz CT molecular complexity index is 1600. The minimum absolute atomic E-state index is 0.0542. The van der Waals surface area contributed by atoms with E-state index in [9.17, 15) is 18.0 Å². The van der Waals surface area contributed by atoms with Gasteiger partial charge in [-0.25, -0.2) is 9.97 Å². The molecule has 0 fully saturated rings. The number of rotatable bonds is 4. The largest absolute Gasteiger partial charge is 0.494 e. The number of H-pyrrole nitrogens is 1. The summed E-state index contributed by atoms with van der Waals surface area (Å²) < 4.78 is 53.7. The van der Waals surface area contributed by atoms with Crippen LogP contribution in [0.2, 0.25) is 0 Å². The highest BCUT2D eigenvalue weighted by Crippen LogP contribution is 2.38. The molecule has 0 radical (unpaired) electrons. The number of nitrogens with zero attached hydrogens (tertiary/aromatic N) is 3. The summed E-state index contributed by atoms with van der Waals surface area (Å²) in [6.07, 6.45) is -4.74. The van der Waals surface area contributed by atoms with Crippen LogP contribution in [0.3, 0.4) is 0 Å². The number of nitrogens with one attached hydrogen (secondary N) is 1. The zero-order chi connectivity index (χ0) is 24.2. The molecular weight excluding hydrogens is 451 g/mol. The number of aromatic nitrogens is 4. The van der Waals surface area contributed by atoms with E-state index in [1.54, 1.807) is 30.3 Å². The van der Waals surface area contributed by atoms with Crippen LogP contribution in [0.4, 0.5) is 13.2 Å². The van der Waals surface area contributed by atoms with Gasteiger partial charge in [0, 0.05) is 5.56 Å². The summed E-state index contributed by atoms with van der Waals surface area (Å²) >= 11 is 0. The Balaban J connectivity index is 1.81. The molecule has 11 heteroatoms. The normalized spacial score (nSPS) is 12.1. The summed E-state index contributed by atoms with van der Waals surface area (Å²) in [6.45, 7) is 2.00. The van der Waals surface area contributed by atoms with Crippen LogP contribution in [-0.2, 0) is 12.7 Å². The minimum atomic E-state index is -4.74. The van der Waals surface area contributed by atoms with Crippen molar-refractivity contribution in [2.45, 2.75) is 19.6 Å². The fraction of sp³-hybridized carbons (Fsp3) is 0.174. The molecule has 3 aromatic heterocycles. The first-order chi connectivity index (χ1) is 16.2. The standard InChI is InChI=1S/C23H18F3N5O3/c1-11-16(21-29-18-14(33-2)8-12(10-27)9-15(18)34-21)22(32)31-20(28-11)17(13-6-4-3-5-7-13)19(30-31)23(24,25)26/h3-9,30H,10,27H2,1-2H3/p+1. The van der Waals surface area contributed by atoms with E-state index in [4.69, 9.17) is 9.15 Å². The van der Waals surface area contributed by atoms with E-state index in [2.05, 4.69) is 20.8 Å². The van der Waals surface area contributed by atoms with Crippen LogP contribution in [0.25, 0.3) is 39.3 Å². The van der Waals surface area contributed by atoms with Crippen molar-refractivity contribution in [2.75, 3.05) is 7.11 Å². The van der Waals surface area contributed by atoms with Crippen molar-refractivity contribution in [1.82, 2.24) is 19.6 Å². The van der Waals surface area contributed by atoms with Gasteiger partial charge in [0.05, 0.1) is 24.9 Å². The molecule has 8 nitrogen and oxygen atoms in total. The number of oxazole rings is 1. The minimum Gasteiger partial charge on any atom is -0.494 e. The molecule has 5 rings (SSSR count). The topological polar surface area (TPSA) is 113 Å². The number of benzene rings is 2. The quantitative estimate of drug-likeness (QED) is 0.417. The number of alkyl halides is 3. The Morgan fingerprint density at radius 1 is 1.15 bits per heavy atom. The number of hydrogen-bond acceptors (Lipinski definition) is 5. The van der Waals surface area contributed by atoms with E-state index < -0.39 is 17.4 Å². The van der Waals surface area contributed by atoms with Gasteiger partial charge in [-0.1, -0.05) is 30.3 Å². The third kappa shape index (κ3) is 3.32. The number of halogens is 3. The van der Waals surface area contributed by atoms with Crippen LogP contribution in [0.15, 0.2) is 51.7 Å². The van der Waals surface area contributed by atoms with Crippen LogP contribution in [0.5, 0.6) is 5.75 Å². The van der Waals surface area contributed by atoms with Crippen LogP contribution in [-0.4, -0.2) is 26.7 Å². The second-order valence-corrected chi connectivity index (χ2v) is 7.68. The zero-order valence-electron chi connectivity index (χ0n) is 18.2. The lowest BCUT2D eigenvalue weighted by Gasteiger charge is -2.07. The number of quaternary nitrogens is 1. The second kappa shape index (κ2) is 7.73. The predicted octanol–water partition coefficient (Wildman–Crippen LogP) is 3.58. The van der Waals surface area contributed by atoms with E-state index >= 15 is 0 Å². The summed E-state index contributed by atoms with van der Waals surface area (Å²) in [7, 11) is 1.48. The predicted molar refractivity (Wildman–Crippen MR) is 117 cm³/mol. The SMILES string of the molecule is COc1cc(C[NH3+])cc2oc(-c3c(C)nc4c(-c5ccccc5)c(C(F)(F)F)[nH]n4c3=O)nc12. The Hall–Kier alpha value is -4.12. The highest BCUT2D eigenvalue weighted by Gasteiger charge is 2.38. The zero-order valence-corrected chi connectivity index (χ0v) is 18.2. The molecule has 174 valence electrons. The molecule has 0 amide bonds. The molecule has 5 aromatic rings. The van der Waals surface area contributed by atoms with Crippen LogP contribution in [0, 0.1) is 6.92 Å². The molecule has 34 heavy (non-hydrogen) atoms. The van der Waals surface area contributed by atoms with E-state index in [1.165, 1.54) is 26.2 Å². The maximum atomic E-state index is 13.9.